The van der Waals surface area contributed by atoms with Crippen LogP contribution in [0.15, 0.2) is 23.3 Å². The van der Waals surface area contributed by atoms with Crippen LogP contribution in [0.2, 0.25) is 0 Å². The van der Waals surface area contributed by atoms with Crippen LogP contribution in [0.5, 0.6) is 0 Å². The number of hydrogen-bond acceptors (Lipinski definition) is 7. The largest absolute Gasteiger partial charge is 0.418 e. The molecule has 2 aromatic rings. The predicted octanol–water partition coefficient (Wildman–Crippen LogP) is 2.60. The maximum absolute atomic E-state index is 14.4. The number of amides is 1. The van der Waals surface area contributed by atoms with Crippen molar-refractivity contribution in [1.29, 1.82) is 0 Å². The number of alkyl halides is 3. The molecule has 3 N–H and O–H groups in total. The van der Waals surface area contributed by atoms with Gasteiger partial charge in [-0.3, -0.25) is 24.1 Å². The zero-order valence-corrected chi connectivity index (χ0v) is 23.3. The van der Waals surface area contributed by atoms with Crippen LogP contribution in [-0.4, -0.2) is 63.4 Å². The molecule has 4 atom stereocenters. The summed E-state index contributed by atoms with van der Waals surface area (Å²) < 4.78 is 51.1. The lowest BCUT2D eigenvalue weighted by Crippen LogP contribution is -2.60. The summed E-state index contributed by atoms with van der Waals surface area (Å²) in [5.41, 5.74) is 7.84. The van der Waals surface area contributed by atoms with Crippen molar-refractivity contribution in [3.05, 3.63) is 40.1 Å². The van der Waals surface area contributed by atoms with Crippen molar-refractivity contribution in [2.75, 3.05) is 26.9 Å². The van der Waals surface area contributed by atoms with E-state index >= 15 is 0 Å². The fraction of sp³-hybridized carbons (Fsp3) is 0.714. The third kappa shape index (κ3) is 4.69. The molecule has 2 aliphatic carbocycles. The number of carbonyl (C=O) groups is 1. The summed E-state index contributed by atoms with van der Waals surface area (Å²) in [5.74, 6) is 1.25. The maximum Gasteiger partial charge on any atom is 0.418 e. The number of carbonyl (C=O) groups excluding carboxylic acids is 1. The van der Waals surface area contributed by atoms with Gasteiger partial charge in [-0.1, -0.05) is 25.7 Å². The number of nitrogens with one attached hydrogen (secondary N) is 3. The Morgan fingerprint density at radius 3 is 2.49 bits per heavy atom. The van der Waals surface area contributed by atoms with Crippen LogP contribution in [0.25, 0.3) is 5.52 Å². The SMILES string of the molecule is CN1CNNC1[C@H](C1CCC1)C1CCCC(n2cc3c(C(F)(F)F)cc(CN4NC(=O)CC45COC5)cn3c2=O)C1. The zero-order valence-electron chi connectivity index (χ0n) is 23.3. The van der Waals surface area contributed by atoms with Crippen LogP contribution >= 0.6 is 0 Å². The molecule has 5 aliphatic rings. The van der Waals surface area contributed by atoms with Crippen LogP contribution in [0.3, 0.4) is 0 Å². The van der Waals surface area contributed by atoms with Gasteiger partial charge in [-0.15, -0.1) is 0 Å². The number of imidazole rings is 1. The monoisotopic (exact) mass is 577 g/mol. The molecule has 41 heavy (non-hydrogen) atoms. The van der Waals surface area contributed by atoms with Gasteiger partial charge in [0.2, 0.25) is 5.91 Å². The minimum Gasteiger partial charge on any atom is -0.377 e. The van der Waals surface area contributed by atoms with Gasteiger partial charge in [0, 0.05) is 25.0 Å². The van der Waals surface area contributed by atoms with Gasteiger partial charge in [0.15, 0.2) is 0 Å². The first kappa shape index (κ1) is 27.4. The van der Waals surface area contributed by atoms with E-state index in [2.05, 4.69) is 28.2 Å². The van der Waals surface area contributed by atoms with Crippen molar-refractivity contribution in [2.45, 2.75) is 81.8 Å². The molecular weight excluding hydrogens is 539 g/mol. The third-order valence-electron chi connectivity index (χ3n) is 10.3. The standard InChI is InChI=1S/C28H38F3N7O3/c1-35-16-32-33-25(35)24(18-4-2-5-18)19-6-3-7-20(9-19)36-13-22-21(28(29,30)31)8-17(11-37(22)26(36)40)12-38-27(14-41-15-27)10-23(39)34-38/h8,11,13,18-20,24-25,32-33H,2-7,9-10,12,14-16H2,1H3,(H,34,39)/t19?,20?,24-,25?/m1/s1. The number of nitrogens with zero attached hydrogens (tertiary/aromatic N) is 4. The quantitative estimate of drug-likeness (QED) is 0.486. The molecule has 0 bridgehead atoms. The van der Waals surface area contributed by atoms with Crippen LogP contribution in [0.4, 0.5) is 13.2 Å². The van der Waals surface area contributed by atoms with E-state index in [0.717, 1.165) is 42.8 Å². The Morgan fingerprint density at radius 2 is 1.85 bits per heavy atom. The topological polar surface area (TPSA) is 95.3 Å². The third-order valence-corrected chi connectivity index (χ3v) is 10.3. The maximum atomic E-state index is 14.4. The van der Waals surface area contributed by atoms with E-state index in [1.807, 2.05) is 0 Å². The van der Waals surface area contributed by atoms with Gasteiger partial charge in [0.25, 0.3) is 0 Å². The minimum atomic E-state index is -4.64. The Labute approximate surface area is 236 Å². The molecule has 2 saturated carbocycles. The normalized spacial score (nSPS) is 30.0. The van der Waals surface area contributed by atoms with Gasteiger partial charge in [-0.05, 0) is 55.7 Å². The zero-order chi connectivity index (χ0) is 28.5. The van der Waals surface area contributed by atoms with Crippen molar-refractivity contribution in [2.24, 2.45) is 17.8 Å². The lowest BCUT2D eigenvalue weighted by atomic mass is 9.65. The molecular formula is C28H38F3N7O3. The van der Waals surface area contributed by atoms with Gasteiger partial charge in [0.05, 0.1) is 49.1 Å². The van der Waals surface area contributed by atoms with E-state index in [-0.39, 0.29) is 36.6 Å². The number of halogens is 3. The second-order valence-electron chi connectivity index (χ2n) is 12.9. The summed E-state index contributed by atoms with van der Waals surface area (Å²) in [6.07, 6.45) is 5.94. The molecule has 3 saturated heterocycles. The molecule has 1 spiro atoms. The van der Waals surface area contributed by atoms with E-state index in [4.69, 9.17) is 4.74 Å². The second kappa shape index (κ2) is 10.1. The van der Waals surface area contributed by atoms with Crippen LogP contribution in [0, 0.1) is 17.8 Å². The number of ether oxygens (including phenoxy) is 1. The number of aromatic nitrogens is 2. The molecule has 0 aromatic carbocycles. The van der Waals surface area contributed by atoms with Crippen LogP contribution in [-0.2, 0) is 22.3 Å². The van der Waals surface area contributed by atoms with E-state index in [1.54, 1.807) is 9.58 Å². The van der Waals surface area contributed by atoms with Crippen molar-refractivity contribution in [3.8, 4) is 0 Å². The number of hydrogen-bond donors (Lipinski definition) is 3. The predicted molar refractivity (Wildman–Crippen MR) is 143 cm³/mol. The van der Waals surface area contributed by atoms with E-state index < -0.39 is 23.0 Å². The highest BCUT2D eigenvalue weighted by Gasteiger charge is 2.51. The van der Waals surface area contributed by atoms with Crippen molar-refractivity contribution in [1.82, 2.24) is 35.2 Å². The summed E-state index contributed by atoms with van der Waals surface area (Å²) in [6, 6.07) is 0.961. The highest BCUT2D eigenvalue weighted by Crippen LogP contribution is 2.47. The number of pyridine rings is 1. The van der Waals surface area contributed by atoms with Crippen molar-refractivity contribution in [3.63, 3.8) is 0 Å². The molecule has 3 unspecified atom stereocenters. The molecule has 5 heterocycles. The minimum absolute atomic E-state index is 0.0518. The molecule has 1 amide bonds. The fourth-order valence-corrected chi connectivity index (χ4v) is 7.93. The summed E-state index contributed by atoms with van der Waals surface area (Å²) in [7, 11) is 2.11. The van der Waals surface area contributed by atoms with Crippen LogP contribution in [0.1, 0.15) is 68.5 Å². The Kier molecular flexibility index (Phi) is 6.73. The Morgan fingerprint density at radius 1 is 1.10 bits per heavy atom. The Balaban J connectivity index is 1.21. The molecule has 0 radical (unpaired) electrons. The molecule has 2 aromatic heterocycles. The number of fused-ring (bicyclic) bond motifs is 1. The summed E-state index contributed by atoms with van der Waals surface area (Å²) in [4.78, 5) is 28.2. The highest BCUT2D eigenvalue weighted by molar-refractivity contribution is 5.79. The lowest BCUT2D eigenvalue weighted by molar-refractivity contribution is -0.139. The van der Waals surface area contributed by atoms with Gasteiger partial charge in [0.1, 0.15) is 0 Å². The van der Waals surface area contributed by atoms with E-state index in [9.17, 15) is 22.8 Å². The molecule has 13 heteroatoms. The molecule has 10 nitrogen and oxygen atoms in total. The summed E-state index contributed by atoms with van der Waals surface area (Å²) >= 11 is 0. The average molecular weight is 578 g/mol. The Hall–Kier alpha value is -2.45. The summed E-state index contributed by atoms with van der Waals surface area (Å²) in [6.45, 7) is 1.50. The van der Waals surface area contributed by atoms with Gasteiger partial charge in [-0.2, -0.15) is 13.2 Å². The number of hydrazine groups is 2. The molecule has 5 fully saturated rings. The molecule has 7 rings (SSSR count). The van der Waals surface area contributed by atoms with Gasteiger partial charge in [-0.25, -0.2) is 20.7 Å². The van der Waals surface area contributed by atoms with Crippen molar-refractivity contribution >= 4 is 11.4 Å². The Bertz CT molecular complexity index is 1380. The molecule has 3 aliphatic heterocycles. The first-order valence-electron chi connectivity index (χ1n) is 14.8. The lowest BCUT2D eigenvalue weighted by Gasteiger charge is -2.46. The number of rotatable bonds is 6. The molecule has 224 valence electrons. The first-order valence-corrected chi connectivity index (χ1v) is 14.8. The van der Waals surface area contributed by atoms with Crippen LogP contribution < -0.4 is 22.0 Å². The van der Waals surface area contributed by atoms with E-state index in [1.165, 1.54) is 31.7 Å². The van der Waals surface area contributed by atoms with Gasteiger partial charge < -0.3 is 4.74 Å². The fourth-order valence-electron chi connectivity index (χ4n) is 7.93. The second-order valence-corrected chi connectivity index (χ2v) is 12.9. The highest BCUT2D eigenvalue weighted by atomic mass is 19.4. The smallest absolute Gasteiger partial charge is 0.377 e. The summed E-state index contributed by atoms with van der Waals surface area (Å²) in [5, 5.41) is 1.66. The average Bonchev–Trinajstić information content (AvgIpc) is 3.55. The van der Waals surface area contributed by atoms with Crippen molar-refractivity contribution < 1.29 is 22.7 Å². The van der Waals surface area contributed by atoms with E-state index in [0.29, 0.717) is 36.5 Å². The van der Waals surface area contributed by atoms with Gasteiger partial charge >= 0.3 is 11.9 Å². The first-order chi connectivity index (χ1) is 19.6.